The zero-order chi connectivity index (χ0) is 29.5. The standard InChI is InChI=1S/C32H33N3O6/c1-22(2)14-15-33(32(38)25-10-7-11-27(17-25)35(39)40)20-30(36)34(18-24-8-5-4-6-9-24)19-26-21-41-29-13-12-23(3)16-28(29)31(26)37/h4-13,16-17,21-22H,14-15,18-20H2,1-3H3. The van der Waals surface area contributed by atoms with E-state index in [1.165, 1.54) is 40.3 Å². The summed E-state index contributed by atoms with van der Waals surface area (Å²) >= 11 is 0. The van der Waals surface area contributed by atoms with Gasteiger partial charge in [0.15, 0.2) is 5.43 Å². The van der Waals surface area contributed by atoms with Crippen LogP contribution in [-0.4, -0.2) is 39.6 Å². The molecule has 0 aliphatic carbocycles. The van der Waals surface area contributed by atoms with Crippen LogP contribution in [0.1, 0.15) is 47.3 Å². The van der Waals surface area contributed by atoms with Gasteiger partial charge in [-0.3, -0.25) is 24.5 Å². The van der Waals surface area contributed by atoms with E-state index in [0.717, 1.165) is 11.1 Å². The highest BCUT2D eigenvalue weighted by molar-refractivity contribution is 5.97. The van der Waals surface area contributed by atoms with Gasteiger partial charge < -0.3 is 14.2 Å². The summed E-state index contributed by atoms with van der Waals surface area (Å²) in [6.45, 7) is 6.17. The molecular formula is C32H33N3O6. The van der Waals surface area contributed by atoms with Crippen molar-refractivity contribution in [1.82, 2.24) is 9.80 Å². The van der Waals surface area contributed by atoms with E-state index in [4.69, 9.17) is 4.42 Å². The summed E-state index contributed by atoms with van der Waals surface area (Å²) in [4.78, 5) is 54.4. The fourth-order valence-electron chi connectivity index (χ4n) is 4.50. The normalized spacial score (nSPS) is 11.0. The lowest BCUT2D eigenvalue weighted by Crippen LogP contribution is -2.43. The first-order valence-electron chi connectivity index (χ1n) is 13.5. The second kappa shape index (κ2) is 13.0. The third-order valence-electron chi connectivity index (χ3n) is 6.82. The molecule has 0 atom stereocenters. The predicted molar refractivity (Wildman–Crippen MR) is 156 cm³/mol. The topological polar surface area (TPSA) is 114 Å². The van der Waals surface area contributed by atoms with Crippen molar-refractivity contribution in [3.8, 4) is 0 Å². The van der Waals surface area contributed by atoms with Gasteiger partial charge in [-0.15, -0.1) is 0 Å². The van der Waals surface area contributed by atoms with Gasteiger partial charge in [-0.2, -0.15) is 0 Å². The molecule has 0 radical (unpaired) electrons. The highest BCUT2D eigenvalue weighted by Crippen LogP contribution is 2.18. The SMILES string of the molecule is Cc1ccc2occ(CN(Cc3ccccc3)C(=O)CN(CCC(C)C)C(=O)c3cccc([N+](=O)[O-])c3)c(=O)c2c1. The second-order valence-electron chi connectivity index (χ2n) is 10.5. The molecule has 41 heavy (non-hydrogen) atoms. The number of nitro groups is 1. The number of aryl methyl sites for hydroxylation is 1. The minimum Gasteiger partial charge on any atom is -0.464 e. The average molecular weight is 556 g/mol. The van der Waals surface area contributed by atoms with Crippen LogP contribution in [0.15, 0.2) is 88.3 Å². The van der Waals surface area contributed by atoms with Gasteiger partial charge in [0.1, 0.15) is 12.1 Å². The molecule has 212 valence electrons. The zero-order valence-corrected chi connectivity index (χ0v) is 23.4. The van der Waals surface area contributed by atoms with Crippen LogP contribution in [0.25, 0.3) is 11.0 Å². The molecule has 1 aromatic heterocycles. The van der Waals surface area contributed by atoms with E-state index in [9.17, 15) is 24.5 Å². The average Bonchev–Trinajstić information content (AvgIpc) is 2.96. The van der Waals surface area contributed by atoms with Crippen LogP contribution in [-0.2, 0) is 17.9 Å². The molecule has 3 aromatic carbocycles. The molecular weight excluding hydrogens is 522 g/mol. The number of fused-ring (bicyclic) bond motifs is 1. The van der Waals surface area contributed by atoms with Gasteiger partial charge in [0.05, 0.1) is 28.7 Å². The number of rotatable bonds is 11. The molecule has 4 rings (SSSR count). The smallest absolute Gasteiger partial charge is 0.270 e. The Morgan fingerprint density at radius 2 is 1.71 bits per heavy atom. The number of nitrogens with zero attached hydrogens (tertiary/aromatic N) is 3. The maximum Gasteiger partial charge on any atom is 0.270 e. The fourth-order valence-corrected chi connectivity index (χ4v) is 4.50. The Morgan fingerprint density at radius 1 is 0.951 bits per heavy atom. The van der Waals surface area contributed by atoms with Gasteiger partial charge in [-0.25, -0.2) is 0 Å². The van der Waals surface area contributed by atoms with Crippen molar-refractivity contribution in [3.05, 3.63) is 122 Å². The molecule has 0 saturated carbocycles. The molecule has 0 unspecified atom stereocenters. The van der Waals surface area contributed by atoms with E-state index in [1.54, 1.807) is 12.1 Å². The first kappa shape index (κ1) is 29.2. The van der Waals surface area contributed by atoms with Crippen molar-refractivity contribution in [3.63, 3.8) is 0 Å². The molecule has 0 saturated heterocycles. The van der Waals surface area contributed by atoms with E-state index in [1.807, 2.05) is 57.2 Å². The summed E-state index contributed by atoms with van der Waals surface area (Å²) < 4.78 is 5.72. The number of hydrogen-bond donors (Lipinski definition) is 0. The van der Waals surface area contributed by atoms with Crippen LogP contribution in [0.3, 0.4) is 0 Å². The summed E-state index contributed by atoms with van der Waals surface area (Å²) in [6, 6.07) is 20.3. The monoisotopic (exact) mass is 555 g/mol. The second-order valence-corrected chi connectivity index (χ2v) is 10.5. The largest absolute Gasteiger partial charge is 0.464 e. The Bertz CT molecular complexity index is 1610. The Kier molecular flexibility index (Phi) is 9.29. The van der Waals surface area contributed by atoms with Gasteiger partial charge in [-0.05, 0) is 43.0 Å². The van der Waals surface area contributed by atoms with E-state index < -0.39 is 10.8 Å². The maximum atomic E-state index is 13.8. The molecule has 0 fully saturated rings. The molecule has 0 aliphatic heterocycles. The number of benzene rings is 3. The lowest BCUT2D eigenvalue weighted by molar-refractivity contribution is -0.384. The lowest BCUT2D eigenvalue weighted by atomic mass is 10.1. The van der Waals surface area contributed by atoms with Crippen molar-refractivity contribution in [2.45, 2.75) is 40.3 Å². The van der Waals surface area contributed by atoms with Crippen LogP contribution < -0.4 is 5.43 Å². The molecule has 0 bridgehead atoms. The van der Waals surface area contributed by atoms with E-state index in [-0.39, 0.29) is 48.1 Å². The Labute approximate surface area is 238 Å². The number of carbonyl (C=O) groups is 2. The van der Waals surface area contributed by atoms with E-state index >= 15 is 0 Å². The molecule has 2 amide bonds. The van der Waals surface area contributed by atoms with Gasteiger partial charge >= 0.3 is 0 Å². The first-order valence-corrected chi connectivity index (χ1v) is 13.5. The molecule has 0 aliphatic rings. The Balaban J connectivity index is 1.65. The van der Waals surface area contributed by atoms with Crippen molar-refractivity contribution in [2.24, 2.45) is 5.92 Å². The highest BCUT2D eigenvalue weighted by Gasteiger charge is 2.25. The summed E-state index contributed by atoms with van der Waals surface area (Å²) in [5, 5.41) is 11.7. The predicted octanol–water partition coefficient (Wildman–Crippen LogP) is 5.73. The van der Waals surface area contributed by atoms with Crippen LogP contribution in [0, 0.1) is 23.0 Å². The molecule has 9 heteroatoms. The zero-order valence-electron chi connectivity index (χ0n) is 23.4. The van der Waals surface area contributed by atoms with Crippen molar-refractivity contribution in [2.75, 3.05) is 13.1 Å². The van der Waals surface area contributed by atoms with Gasteiger partial charge in [0.25, 0.3) is 11.6 Å². The van der Waals surface area contributed by atoms with E-state index in [0.29, 0.717) is 29.5 Å². The Hall–Kier alpha value is -4.79. The summed E-state index contributed by atoms with van der Waals surface area (Å²) in [5.74, 6) is -0.570. The third kappa shape index (κ3) is 7.45. The van der Waals surface area contributed by atoms with Crippen molar-refractivity contribution >= 4 is 28.5 Å². The first-order chi connectivity index (χ1) is 19.6. The summed E-state index contributed by atoms with van der Waals surface area (Å²) in [6.07, 6.45) is 2.02. The van der Waals surface area contributed by atoms with Gasteiger partial charge in [-0.1, -0.05) is 61.9 Å². The van der Waals surface area contributed by atoms with Crippen LogP contribution >= 0.6 is 0 Å². The van der Waals surface area contributed by atoms with Gasteiger partial charge in [0.2, 0.25) is 5.91 Å². The quantitative estimate of drug-likeness (QED) is 0.173. The number of amides is 2. The van der Waals surface area contributed by atoms with Crippen LogP contribution in [0.2, 0.25) is 0 Å². The van der Waals surface area contributed by atoms with Gasteiger partial charge in [0, 0.05) is 30.8 Å². The number of nitro benzene ring substituents is 1. The Morgan fingerprint density at radius 3 is 2.41 bits per heavy atom. The summed E-state index contributed by atoms with van der Waals surface area (Å²) in [5.41, 5.74) is 2.29. The molecule has 0 spiro atoms. The highest BCUT2D eigenvalue weighted by atomic mass is 16.6. The number of hydrogen-bond acceptors (Lipinski definition) is 6. The molecule has 1 heterocycles. The minimum absolute atomic E-state index is 0.0109. The molecule has 4 aromatic rings. The van der Waals surface area contributed by atoms with Crippen molar-refractivity contribution in [1.29, 1.82) is 0 Å². The lowest BCUT2D eigenvalue weighted by Gasteiger charge is -2.28. The number of carbonyl (C=O) groups excluding carboxylic acids is 2. The number of non-ortho nitro benzene ring substituents is 1. The maximum absolute atomic E-state index is 13.8. The molecule has 9 nitrogen and oxygen atoms in total. The summed E-state index contributed by atoms with van der Waals surface area (Å²) in [7, 11) is 0. The molecule has 0 N–H and O–H groups in total. The van der Waals surface area contributed by atoms with Crippen molar-refractivity contribution < 1.29 is 18.9 Å². The fraction of sp³-hybridized carbons (Fsp3) is 0.281. The third-order valence-corrected chi connectivity index (χ3v) is 6.82. The van der Waals surface area contributed by atoms with Crippen LogP contribution in [0.5, 0.6) is 0 Å². The van der Waals surface area contributed by atoms with E-state index in [2.05, 4.69) is 0 Å². The minimum atomic E-state index is -0.557. The van der Waals surface area contributed by atoms with Crippen LogP contribution in [0.4, 0.5) is 5.69 Å².